The Bertz CT molecular complexity index is 598. The Morgan fingerprint density at radius 2 is 1.91 bits per heavy atom. The molecule has 0 spiro atoms. The highest BCUT2D eigenvalue weighted by Crippen LogP contribution is 2.29. The van der Waals surface area contributed by atoms with Gasteiger partial charge in [-0.3, -0.25) is 0 Å². The molecule has 1 unspecified atom stereocenters. The van der Waals surface area contributed by atoms with Gasteiger partial charge < -0.3 is 15.2 Å². The minimum absolute atomic E-state index is 0.303. The summed E-state index contributed by atoms with van der Waals surface area (Å²) in [6, 6.07) is 16.4. The monoisotopic (exact) mass is 313 g/mol. The Morgan fingerprint density at radius 3 is 2.65 bits per heavy atom. The average Bonchev–Trinajstić information content (AvgIpc) is 2.62. The average molecular weight is 313 g/mol. The highest BCUT2D eigenvalue weighted by molar-refractivity contribution is 5.36. The van der Waals surface area contributed by atoms with Gasteiger partial charge in [0.15, 0.2) is 0 Å². The summed E-state index contributed by atoms with van der Waals surface area (Å²) in [6.07, 6.45) is 2.99. The smallest absolute Gasteiger partial charge is 0.122 e. The number of aryl methyl sites for hydroxylation is 1. The fourth-order valence-electron chi connectivity index (χ4n) is 2.78. The molecule has 1 atom stereocenters. The van der Waals surface area contributed by atoms with Crippen molar-refractivity contribution < 1.29 is 9.47 Å². The normalized spacial score (nSPS) is 12.0. The maximum atomic E-state index is 5.96. The Hall–Kier alpha value is -2.00. The van der Waals surface area contributed by atoms with Crippen LogP contribution in [0.25, 0.3) is 0 Å². The van der Waals surface area contributed by atoms with E-state index in [2.05, 4.69) is 25.1 Å². The van der Waals surface area contributed by atoms with Crippen molar-refractivity contribution in [2.24, 2.45) is 5.73 Å². The lowest BCUT2D eigenvalue weighted by atomic mass is 9.93. The Labute approximate surface area is 139 Å². The molecule has 0 aliphatic heterocycles. The number of rotatable bonds is 9. The molecule has 0 aliphatic carbocycles. The van der Waals surface area contributed by atoms with Crippen LogP contribution < -0.4 is 15.2 Å². The molecule has 3 nitrogen and oxygen atoms in total. The number of nitrogens with two attached hydrogens (primary N) is 1. The van der Waals surface area contributed by atoms with Crippen LogP contribution >= 0.6 is 0 Å². The first kappa shape index (κ1) is 17.4. The zero-order valence-corrected chi connectivity index (χ0v) is 14.1. The van der Waals surface area contributed by atoms with Crippen LogP contribution in [-0.4, -0.2) is 20.3 Å². The second-order valence-electron chi connectivity index (χ2n) is 5.67. The van der Waals surface area contributed by atoms with Crippen molar-refractivity contribution in [1.82, 2.24) is 0 Å². The van der Waals surface area contributed by atoms with Gasteiger partial charge >= 0.3 is 0 Å². The minimum atomic E-state index is 0.303. The molecule has 23 heavy (non-hydrogen) atoms. The lowest BCUT2D eigenvalue weighted by Crippen LogP contribution is -2.14. The molecule has 2 N–H and O–H groups in total. The zero-order chi connectivity index (χ0) is 16.5. The van der Waals surface area contributed by atoms with Crippen LogP contribution in [0.1, 0.15) is 36.8 Å². The van der Waals surface area contributed by atoms with E-state index in [1.807, 2.05) is 30.3 Å². The summed E-state index contributed by atoms with van der Waals surface area (Å²) < 4.78 is 11.3. The predicted molar refractivity (Wildman–Crippen MR) is 95.3 cm³/mol. The maximum absolute atomic E-state index is 5.96. The van der Waals surface area contributed by atoms with E-state index in [0.717, 1.165) is 30.8 Å². The van der Waals surface area contributed by atoms with Crippen molar-refractivity contribution in [2.75, 3.05) is 20.3 Å². The number of benzene rings is 2. The first-order valence-corrected chi connectivity index (χ1v) is 8.33. The molecule has 0 saturated heterocycles. The molecule has 0 bridgehead atoms. The summed E-state index contributed by atoms with van der Waals surface area (Å²) >= 11 is 0. The highest BCUT2D eigenvalue weighted by atomic mass is 16.5. The summed E-state index contributed by atoms with van der Waals surface area (Å²) in [7, 11) is 1.70. The summed E-state index contributed by atoms with van der Waals surface area (Å²) in [5.41, 5.74) is 8.45. The predicted octanol–water partition coefficient (Wildman–Crippen LogP) is 4.16. The van der Waals surface area contributed by atoms with Crippen LogP contribution in [0.5, 0.6) is 11.5 Å². The topological polar surface area (TPSA) is 44.5 Å². The van der Waals surface area contributed by atoms with Gasteiger partial charge in [-0.15, -0.1) is 0 Å². The van der Waals surface area contributed by atoms with E-state index in [1.54, 1.807) is 7.11 Å². The molecule has 0 aromatic heterocycles. The van der Waals surface area contributed by atoms with E-state index in [-0.39, 0.29) is 0 Å². The molecule has 0 radical (unpaired) electrons. The third-order valence-corrected chi connectivity index (χ3v) is 4.14. The van der Waals surface area contributed by atoms with Crippen molar-refractivity contribution in [3.05, 3.63) is 59.7 Å². The summed E-state index contributed by atoms with van der Waals surface area (Å²) in [5.74, 6) is 2.17. The summed E-state index contributed by atoms with van der Waals surface area (Å²) in [4.78, 5) is 0. The van der Waals surface area contributed by atoms with Crippen molar-refractivity contribution in [2.45, 2.75) is 32.1 Å². The quantitative estimate of drug-likeness (QED) is 0.707. The fourth-order valence-corrected chi connectivity index (χ4v) is 2.78. The van der Waals surface area contributed by atoms with Gasteiger partial charge in [-0.05, 0) is 61.1 Å². The van der Waals surface area contributed by atoms with E-state index in [4.69, 9.17) is 15.2 Å². The van der Waals surface area contributed by atoms with Crippen LogP contribution in [0.4, 0.5) is 0 Å². The first-order chi connectivity index (χ1) is 11.3. The maximum Gasteiger partial charge on any atom is 0.122 e. The Morgan fingerprint density at radius 1 is 1.09 bits per heavy atom. The number of hydrogen-bond acceptors (Lipinski definition) is 3. The molecule has 124 valence electrons. The standard InChI is InChI=1S/C20H27NO2/c1-3-16-8-6-10-18(14-16)23-13-7-9-17(15-21)19-11-4-5-12-20(19)22-2/h4-6,8,10-12,14,17H,3,7,9,13,15,21H2,1-2H3. The molecule has 2 aromatic carbocycles. The number of methoxy groups -OCH3 is 1. The molecule has 0 saturated carbocycles. The van der Waals surface area contributed by atoms with Crippen molar-refractivity contribution in [3.8, 4) is 11.5 Å². The van der Waals surface area contributed by atoms with Crippen LogP contribution in [0.3, 0.4) is 0 Å². The van der Waals surface area contributed by atoms with Gasteiger partial charge in [0, 0.05) is 0 Å². The van der Waals surface area contributed by atoms with Crippen LogP contribution in [0.15, 0.2) is 48.5 Å². The second-order valence-corrected chi connectivity index (χ2v) is 5.67. The highest BCUT2D eigenvalue weighted by Gasteiger charge is 2.14. The van der Waals surface area contributed by atoms with Crippen LogP contribution in [0, 0.1) is 0 Å². The van der Waals surface area contributed by atoms with Gasteiger partial charge in [0.05, 0.1) is 13.7 Å². The molecule has 0 amide bonds. The third kappa shape index (κ3) is 5.00. The minimum Gasteiger partial charge on any atom is -0.496 e. The Kier molecular flexibility index (Phi) is 6.95. The molecule has 0 aliphatic rings. The van der Waals surface area contributed by atoms with Crippen LogP contribution in [0.2, 0.25) is 0 Å². The van der Waals surface area contributed by atoms with Gasteiger partial charge in [-0.1, -0.05) is 37.3 Å². The van der Waals surface area contributed by atoms with Crippen molar-refractivity contribution in [3.63, 3.8) is 0 Å². The molecular formula is C20H27NO2. The van der Waals surface area contributed by atoms with Crippen molar-refractivity contribution in [1.29, 1.82) is 0 Å². The zero-order valence-electron chi connectivity index (χ0n) is 14.1. The van der Waals surface area contributed by atoms with E-state index < -0.39 is 0 Å². The number of hydrogen-bond donors (Lipinski definition) is 1. The van der Waals surface area contributed by atoms with Gasteiger partial charge in [-0.2, -0.15) is 0 Å². The third-order valence-electron chi connectivity index (χ3n) is 4.14. The molecule has 2 aromatic rings. The van der Waals surface area contributed by atoms with Gasteiger partial charge in [0.1, 0.15) is 11.5 Å². The molecule has 3 heteroatoms. The first-order valence-electron chi connectivity index (χ1n) is 8.33. The fraction of sp³-hybridized carbons (Fsp3) is 0.400. The molecule has 0 heterocycles. The van der Waals surface area contributed by atoms with Crippen molar-refractivity contribution >= 4 is 0 Å². The Balaban J connectivity index is 1.86. The summed E-state index contributed by atoms with van der Waals surface area (Å²) in [6.45, 7) is 3.47. The summed E-state index contributed by atoms with van der Waals surface area (Å²) in [5, 5.41) is 0. The molecule has 0 fully saturated rings. The molecule has 2 rings (SSSR count). The van der Waals surface area contributed by atoms with E-state index in [1.165, 1.54) is 11.1 Å². The van der Waals surface area contributed by atoms with E-state index in [0.29, 0.717) is 19.1 Å². The largest absolute Gasteiger partial charge is 0.496 e. The van der Waals surface area contributed by atoms with Gasteiger partial charge in [-0.25, -0.2) is 0 Å². The number of para-hydroxylation sites is 1. The SMILES string of the molecule is CCc1cccc(OCCCC(CN)c2ccccc2OC)c1. The second kappa shape index (κ2) is 9.21. The lowest BCUT2D eigenvalue weighted by molar-refractivity contribution is 0.300. The van der Waals surface area contributed by atoms with E-state index >= 15 is 0 Å². The number of ether oxygens (including phenoxy) is 2. The van der Waals surface area contributed by atoms with Crippen LogP contribution in [-0.2, 0) is 6.42 Å². The molecular weight excluding hydrogens is 286 g/mol. The van der Waals surface area contributed by atoms with Gasteiger partial charge in [0.2, 0.25) is 0 Å². The van der Waals surface area contributed by atoms with Gasteiger partial charge in [0.25, 0.3) is 0 Å². The van der Waals surface area contributed by atoms with E-state index in [9.17, 15) is 0 Å². The lowest BCUT2D eigenvalue weighted by Gasteiger charge is -2.18.